The number of hydrogen-bond acceptors (Lipinski definition) is 2. The second kappa shape index (κ2) is 7.34. The molecule has 0 rings (SSSR count). The molecule has 0 aliphatic rings. The van der Waals surface area contributed by atoms with Gasteiger partial charge in [-0.15, -0.1) is 0 Å². The molecule has 0 unspecified atom stereocenters. The molecule has 0 amide bonds. The maximum atomic E-state index is 5.55. The Morgan fingerprint density at radius 1 is 1.00 bits per heavy atom. The van der Waals surface area contributed by atoms with E-state index in [4.69, 9.17) is 10.5 Å². The molecule has 0 spiro atoms. The molecule has 0 saturated carbocycles. The third-order valence-electron chi connectivity index (χ3n) is 1.78. The molecule has 0 heterocycles. The van der Waals surface area contributed by atoms with Crippen LogP contribution in [0.2, 0.25) is 0 Å². The van der Waals surface area contributed by atoms with Gasteiger partial charge in [0, 0.05) is 6.61 Å². The minimum Gasteiger partial charge on any atom is -0.381 e. The van der Waals surface area contributed by atoms with Crippen LogP contribution in [0, 0.1) is 5.41 Å². The largest absolute Gasteiger partial charge is 0.381 e. The first-order valence-electron chi connectivity index (χ1n) is 5.34. The highest BCUT2D eigenvalue weighted by atomic mass is 16.5. The predicted molar refractivity (Wildman–Crippen MR) is 57.8 cm³/mol. The lowest BCUT2D eigenvalue weighted by atomic mass is 9.99. The second-order valence-corrected chi connectivity index (χ2v) is 4.82. The fourth-order valence-electron chi connectivity index (χ4n) is 1.08. The normalized spacial score (nSPS) is 12.0. The smallest absolute Gasteiger partial charge is 0.0514 e. The molecule has 2 nitrogen and oxygen atoms in total. The van der Waals surface area contributed by atoms with Crippen LogP contribution in [0.4, 0.5) is 0 Å². The Morgan fingerprint density at radius 2 is 1.62 bits per heavy atom. The van der Waals surface area contributed by atoms with Crippen LogP contribution in [-0.4, -0.2) is 19.8 Å². The highest BCUT2D eigenvalue weighted by molar-refractivity contribution is 4.58. The molecule has 0 aromatic heterocycles. The Hall–Kier alpha value is -0.0800. The lowest BCUT2D eigenvalue weighted by Crippen LogP contribution is -2.15. The maximum Gasteiger partial charge on any atom is 0.0514 e. The van der Waals surface area contributed by atoms with Crippen LogP contribution in [0.25, 0.3) is 0 Å². The van der Waals surface area contributed by atoms with E-state index in [1.165, 1.54) is 19.3 Å². The number of ether oxygens (including phenoxy) is 1. The van der Waals surface area contributed by atoms with E-state index in [2.05, 4.69) is 20.8 Å². The highest BCUT2D eigenvalue weighted by Crippen LogP contribution is 2.13. The topological polar surface area (TPSA) is 35.2 Å². The van der Waals surface area contributed by atoms with E-state index in [0.29, 0.717) is 5.41 Å². The molecule has 0 fully saturated rings. The van der Waals surface area contributed by atoms with E-state index in [-0.39, 0.29) is 0 Å². The zero-order valence-corrected chi connectivity index (χ0v) is 9.44. The monoisotopic (exact) mass is 187 g/mol. The number of rotatable bonds is 7. The first-order chi connectivity index (χ1) is 6.06. The van der Waals surface area contributed by atoms with Gasteiger partial charge in [0.15, 0.2) is 0 Å². The summed E-state index contributed by atoms with van der Waals surface area (Å²) >= 11 is 0. The van der Waals surface area contributed by atoms with E-state index in [9.17, 15) is 0 Å². The minimum atomic E-state index is 0.303. The van der Waals surface area contributed by atoms with Crippen LogP contribution in [0.15, 0.2) is 0 Å². The summed E-state index contributed by atoms with van der Waals surface area (Å²) in [5, 5.41) is 0. The molecule has 0 saturated heterocycles. The summed E-state index contributed by atoms with van der Waals surface area (Å²) in [6.07, 6.45) is 4.83. The first kappa shape index (κ1) is 12.9. The molecule has 0 bridgehead atoms. The molecule has 2 N–H and O–H groups in total. The van der Waals surface area contributed by atoms with Crippen molar-refractivity contribution >= 4 is 0 Å². The van der Waals surface area contributed by atoms with Gasteiger partial charge < -0.3 is 10.5 Å². The summed E-state index contributed by atoms with van der Waals surface area (Å²) in [7, 11) is 0. The van der Waals surface area contributed by atoms with Crippen molar-refractivity contribution in [1.82, 2.24) is 0 Å². The molecular weight excluding hydrogens is 162 g/mol. The molecule has 0 aliphatic carbocycles. The standard InChI is InChI=1S/C11H25NO/c1-11(2,3)10-13-9-7-5-4-6-8-12/h4-10,12H2,1-3H3. The van der Waals surface area contributed by atoms with Crippen molar-refractivity contribution in [2.24, 2.45) is 11.1 Å². The average Bonchev–Trinajstić information content (AvgIpc) is 2.01. The summed E-state index contributed by atoms with van der Waals surface area (Å²) in [5.74, 6) is 0. The average molecular weight is 187 g/mol. The van der Waals surface area contributed by atoms with Crippen molar-refractivity contribution < 1.29 is 4.74 Å². The number of nitrogens with two attached hydrogens (primary N) is 1. The van der Waals surface area contributed by atoms with Gasteiger partial charge in [0.2, 0.25) is 0 Å². The molecule has 0 atom stereocenters. The molecule has 80 valence electrons. The SMILES string of the molecule is CC(C)(C)COCCCCCCN. The third kappa shape index (κ3) is 11.9. The van der Waals surface area contributed by atoms with Gasteiger partial charge in [-0.25, -0.2) is 0 Å². The van der Waals surface area contributed by atoms with Crippen LogP contribution < -0.4 is 5.73 Å². The van der Waals surface area contributed by atoms with Crippen LogP contribution in [0.1, 0.15) is 46.5 Å². The summed E-state index contributed by atoms with van der Waals surface area (Å²) < 4.78 is 5.55. The van der Waals surface area contributed by atoms with Crippen LogP contribution in [0.3, 0.4) is 0 Å². The Balaban J connectivity index is 3.00. The van der Waals surface area contributed by atoms with E-state index < -0.39 is 0 Å². The van der Waals surface area contributed by atoms with Crippen LogP contribution >= 0.6 is 0 Å². The Bertz CT molecular complexity index is 107. The number of unbranched alkanes of at least 4 members (excludes halogenated alkanes) is 3. The first-order valence-corrected chi connectivity index (χ1v) is 5.34. The van der Waals surface area contributed by atoms with E-state index in [1.54, 1.807) is 0 Å². The zero-order chi connectivity index (χ0) is 10.2. The zero-order valence-electron chi connectivity index (χ0n) is 9.44. The van der Waals surface area contributed by atoms with Crippen molar-refractivity contribution in [3.8, 4) is 0 Å². The predicted octanol–water partition coefficient (Wildman–Crippen LogP) is 2.57. The van der Waals surface area contributed by atoms with Gasteiger partial charge in [0.05, 0.1) is 6.61 Å². The Kier molecular flexibility index (Phi) is 7.29. The van der Waals surface area contributed by atoms with Crippen LogP contribution in [-0.2, 0) is 4.74 Å². The van der Waals surface area contributed by atoms with Gasteiger partial charge in [0.25, 0.3) is 0 Å². The maximum absolute atomic E-state index is 5.55. The van der Waals surface area contributed by atoms with Crippen molar-refractivity contribution in [3.63, 3.8) is 0 Å². The Labute approximate surface area is 82.8 Å². The van der Waals surface area contributed by atoms with E-state index in [1.807, 2.05) is 0 Å². The van der Waals surface area contributed by atoms with E-state index >= 15 is 0 Å². The third-order valence-corrected chi connectivity index (χ3v) is 1.78. The molecular formula is C11H25NO. The van der Waals surface area contributed by atoms with Crippen molar-refractivity contribution in [1.29, 1.82) is 0 Å². The molecule has 0 aliphatic heterocycles. The van der Waals surface area contributed by atoms with Gasteiger partial charge in [-0.2, -0.15) is 0 Å². The van der Waals surface area contributed by atoms with Crippen LogP contribution in [0.5, 0.6) is 0 Å². The van der Waals surface area contributed by atoms with Crippen molar-refractivity contribution in [2.75, 3.05) is 19.8 Å². The molecule has 0 radical (unpaired) electrons. The molecule has 13 heavy (non-hydrogen) atoms. The summed E-state index contributed by atoms with van der Waals surface area (Å²) in [6, 6.07) is 0. The second-order valence-electron chi connectivity index (χ2n) is 4.82. The Morgan fingerprint density at radius 3 is 2.15 bits per heavy atom. The quantitative estimate of drug-likeness (QED) is 0.622. The van der Waals surface area contributed by atoms with Gasteiger partial charge in [0.1, 0.15) is 0 Å². The fourth-order valence-corrected chi connectivity index (χ4v) is 1.08. The lowest BCUT2D eigenvalue weighted by molar-refractivity contribution is 0.0686. The van der Waals surface area contributed by atoms with Gasteiger partial charge in [-0.3, -0.25) is 0 Å². The molecule has 0 aromatic rings. The van der Waals surface area contributed by atoms with Gasteiger partial charge >= 0.3 is 0 Å². The van der Waals surface area contributed by atoms with Crippen molar-refractivity contribution in [3.05, 3.63) is 0 Å². The molecule has 0 aromatic carbocycles. The summed E-state index contributed by atoms with van der Waals surface area (Å²) in [4.78, 5) is 0. The minimum absolute atomic E-state index is 0.303. The lowest BCUT2D eigenvalue weighted by Gasteiger charge is -2.17. The summed E-state index contributed by atoms with van der Waals surface area (Å²) in [6.45, 7) is 9.18. The number of hydrogen-bond donors (Lipinski definition) is 1. The highest BCUT2D eigenvalue weighted by Gasteiger charge is 2.09. The summed E-state index contributed by atoms with van der Waals surface area (Å²) in [5.41, 5.74) is 5.70. The fraction of sp³-hybridized carbons (Fsp3) is 1.00. The molecule has 2 heteroatoms. The van der Waals surface area contributed by atoms with Gasteiger partial charge in [-0.1, -0.05) is 33.6 Å². The van der Waals surface area contributed by atoms with Gasteiger partial charge in [-0.05, 0) is 24.8 Å². The van der Waals surface area contributed by atoms with E-state index in [0.717, 1.165) is 26.2 Å². The van der Waals surface area contributed by atoms with Crippen molar-refractivity contribution in [2.45, 2.75) is 46.5 Å².